The second-order valence-corrected chi connectivity index (χ2v) is 4.97. The van der Waals surface area contributed by atoms with Crippen LogP contribution in [0, 0.1) is 0 Å². The predicted octanol–water partition coefficient (Wildman–Crippen LogP) is 1.41. The van der Waals surface area contributed by atoms with Crippen molar-refractivity contribution in [2.24, 2.45) is 5.10 Å². The Morgan fingerprint density at radius 1 is 1.21 bits per heavy atom. The highest BCUT2D eigenvalue weighted by Gasteiger charge is 2.09. The number of carbonyl (C=O) groups is 1. The molecule has 0 saturated carbocycles. The van der Waals surface area contributed by atoms with E-state index in [1.54, 1.807) is 57.7 Å². The van der Waals surface area contributed by atoms with Gasteiger partial charge < -0.3 is 14.0 Å². The van der Waals surface area contributed by atoms with E-state index in [9.17, 15) is 9.59 Å². The molecule has 1 N–H and O–H groups in total. The van der Waals surface area contributed by atoms with Crippen molar-refractivity contribution in [3.63, 3.8) is 0 Å². The molecule has 126 valence electrons. The molecule has 0 unspecified atom stereocenters. The summed E-state index contributed by atoms with van der Waals surface area (Å²) >= 11 is 0. The van der Waals surface area contributed by atoms with Gasteiger partial charge in [-0.15, -0.1) is 0 Å². The van der Waals surface area contributed by atoms with Crippen molar-refractivity contribution in [1.29, 1.82) is 0 Å². The Hall–Kier alpha value is -3.09. The Morgan fingerprint density at radius 2 is 2.00 bits per heavy atom. The first kappa shape index (κ1) is 17.3. The average Bonchev–Trinajstić information content (AvgIpc) is 2.61. The van der Waals surface area contributed by atoms with E-state index in [0.29, 0.717) is 22.8 Å². The second-order valence-electron chi connectivity index (χ2n) is 4.97. The van der Waals surface area contributed by atoms with Crippen molar-refractivity contribution in [2.45, 2.75) is 13.5 Å². The van der Waals surface area contributed by atoms with E-state index in [0.717, 1.165) is 0 Å². The van der Waals surface area contributed by atoms with Gasteiger partial charge in [0, 0.05) is 17.8 Å². The van der Waals surface area contributed by atoms with Crippen LogP contribution in [0.2, 0.25) is 0 Å². The van der Waals surface area contributed by atoms with E-state index in [2.05, 4.69) is 10.5 Å². The maximum atomic E-state index is 11.9. The number of pyridine rings is 1. The van der Waals surface area contributed by atoms with Crippen molar-refractivity contribution >= 4 is 11.6 Å². The number of nitrogens with one attached hydrogen (secondary N) is 1. The van der Waals surface area contributed by atoms with Crippen molar-refractivity contribution in [2.75, 3.05) is 14.2 Å². The standard InChI is InChI=1S/C17H19N3O4/c1-12(14-10-13(23-2)7-8-15(14)24-3)18-19-16(21)11-20-9-5-4-6-17(20)22/h4-10H,11H2,1-3H3,(H,19,21)/b18-12-. The second kappa shape index (κ2) is 7.96. The smallest absolute Gasteiger partial charge is 0.260 e. The van der Waals surface area contributed by atoms with Gasteiger partial charge in [0.15, 0.2) is 0 Å². The van der Waals surface area contributed by atoms with E-state index in [1.807, 2.05) is 0 Å². The number of hydrazone groups is 1. The van der Waals surface area contributed by atoms with Gasteiger partial charge in [-0.25, -0.2) is 5.43 Å². The maximum absolute atomic E-state index is 11.9. The summed E-state index contributed by atoms with van der Waals surface area (Å²) in [6, 6.07) is 10.0. The molecule has 1 aromatic carbocycles. The minimum absolute atomic E-state index is 0.105. The highest BCUT2D eigenvalue weighted by molar-refractivity contribution is 6.02. The van der Waals surface area contributed by atoms with Gasteiger partial charge in [-0.3, -0.25) is 9.59 Å². The van der Waals surface area contributed by atoms with E-state index >= 15 is 0 Å². The lowest BCUT2D eigenvalue weighted by molar-refractivity contribution is -0.121. The summed E-state index contributed by atoms with van der Waals surface area (Å²) in [6.45, 7) is 1.64. The van der Waals surface area contributed by atoms with E-state index in [-0.39, 0.29) is 12.1 Å². The summed E-state index contributed by atoms with van der Waals surface area (Å²) in [5.41, 5.74) is 3.45. The van der Waals surface area contributed by atoms with Gasteiger partial charge in [-0.2, -0.15) is 5.10 Å². The summed E-state index contributed by atoms with van der Waals surface area (Å²) in [4.78, 5) is 23.5. The van der Waals surface area contributed by atoms with E-state index in [4.69, 9.17) is 9.47 Å². The molecular formula is C17H19N3O4. The zero-order valence-corrected chi connectivity index (χ0v) is 13.8. The van der Waals surface area contributed by atoms with Crippen LogP contribution in [0.1, 0.15) is 12.5 Å². The number of amides is 1. The summed E-state index contributed by atoms with van der Waals surface area (Å²) < 4.78 is 11.8. The Bertz CT molecular complexity index is 811. The van der Waals surface area contributed by atoms with Crippen LogP contribution < -0.4 is 20.5 Å². The first-order valence-corrected chi connectivity index (χ1v) is 7.26. The highest BCUT2D eigenvalue weighted by Crippen LogP contribution is 2.24. The van der Waals surface area contributed by atoms with Gasteiger partial charge in [0.2, 0.25) is 0 Å². The monoisotopic (exact) mass is 329 g/mol. The van der Waals surface area contributed by atoms with Crippen LogP contribution in [0.4, 0.5) is 0 Å². The molecular weight excluding hydrogens is 310 g/mol. The number of carbonyl (C=O) groups excluding carboxylic acids is 1. The minimum atomic E-state index is -0.399. The SMILES string of the molecule is COc1ccc(OC)c(/C(C)=N\NC(=O)Cn2ccccc2=O)c1. The molecule has 0 bridgehead atoms. The Morgan fingerprint density at radius 3 is 2.67 bits per heavy atom. The zero-order chi connectivity index (χ0) is 17.5. The van der Waals surface area contributed by atoms with E-state index in [1.165, 1.54) is 10.6 Å². The third-order valence-electron chi connectivity index (χ3n) is 3.36. The predicted molar refractivity (Wildman–Crippen MR) is 90.6 cm³/mol. The molecule has 0 radical (unpaired) electrons. The quantitative estimate of drug-likeness (QED) is 0.642. The van der Waals surface area contributed by atoms with Crippen LogP contribution in [0.15, 0.2) is 52.5 Å². The lowest BCUT2D eigenvalue weighted by atomic mass is 10.1. The highest BCUT2D eigenvalue weighted by atomic mass is 16.5. The van der Waals surface area contributed by atoms with Crippen molar-refractivity contribution in [3.8, 4) is 11.5 Å². The molecule has 1 heterocycles. The van der Waals surface area contributed by atoms with Gasteiger partial charge in [-0.05, 0) is 31.2 Å². The molecule has 0 fully saturated rings. The fraction of sp³-hybridized carbons (Fsp3) is 0.235. The van der Waals surface area contributed by atoms with Gasteiger partial charge in [0.1, 0.15) is 18.0 Å². The number of nitrogens with zero attached hydrogens (tertiary/aromatic N) is 2. The number of ether oxygens (including phenoxy) is 2. The number of methoxy groups -OCH3 is 2. The van der Waals surface area contributed by atoms with Crippen molar-refractivity contribution in [1.82, 2.24) is 9.99 Å². The summed E-state index contributed by atoms with van der Waals surface area (Å²) in [5.74, 6) is 0.873. The molecule has 2 rings (SSSR count). The van der Waals surface area contributed by atoms with Gasteiger partial charge in [0.25, 0.3) is 11.5 Å². The molecule has 1 aromatic heterocycles. The zero-order valence-electron chi connectivity index (χ0n) is 13.8. The summed E-state index contributed by atoms with van der Waals surface area (Å²) in [5, 5.41) is 4.07. The van der Waals surface area contributed by atoms with E-state index < -0.39 is 5.91 Å². The Labute approximate surface area is 139 Å². The molecule has 7 nitrogen and oxygen atoms in total. The normalized spacial score (nSPS) is 11.0. The Balaban J connectivity index is 2.12. The molecule has 1 amide bonds. The van der Waals surface area contributed by atoms with Crippen LogP contribution >= 0.6 is 0 Å². The van der Waals surface area contributed by atoms with Gasteiger partial charge in [-0.1, -0.05) is 6.07 Å². The lowest BCUT2D eigenvalue weighted by Gasteiger charge is -2.10. The van der Waals surface area contributed by atoms with Gasteiger partial charge >= 0.3 is 0 Å². The molecule has 0 spiro atoms. The number of benzene rings is 1. The van der Waals surface area contributed by atoms with Crippen LogP contribution in [-0.2, 0) is 11.3 Å². The third-order valence-corrected chi connectivity index (χ3v) is 3.36. The lowest BCUT2D eigenvalue weighted by Crippen LogP contribution is -2.29. The molecule has 7 heteroatoms. The number of aromatic nitrogens is 1. The average molecular weight is 329 g/mol. The Kier molecular flexibility index (Phi) is 5.73. The van der Waals surface area contributed by atoms with Crippen LogP contribution in [0.3, 0.4) is 0 Å². The molecule has 0 atom stereocenters. The third kappa shape index (κ3) is 4.22. The van der Waals surface area contributed by atoms with Crippen molar-refractivity contribution < 1.29 is 14.3 Å². The molecule has 0 aliphatic heterocycles. The fourth-order valence-corrected chi connectivity index (χ4v) is 2.08. The summed E-state index contributed by atoms with van der Waals surface area (Å²) in [7, 11) is 3.12. The molecule has 0 saturated heterocycles. The molecule has 0 aliphatic carbocycles. The van der Waals surface area contributed by atoms with Crippen LogP contribution in [-0.4, -0.2) is 30.4 Å². The molecule has 0 aliphatic rings. The number of hydrogen-bond acceptors (Lipinski definition) is 5. The first-order chi connectivity index (χ1) is 11.5. The minimum Gasteiger partial charge on any atom is -0.497 e. The largest absolute Gasteiger partial charge is 0.497 e. The van der Waals surface area contributed by atoms with Crippen LogP contribution in [0.25, 0.3) is 0 Å². The number of rotatable bonds is 6. The number of hydrogen-bond donors (Lipinski definition) is 1. The topological polar surface area (TPSA) is 81.9 Å². The van der Waals surface area contributed by atoms with Crippen molar-refractivity contribution in [3.05, 3.63) is 58.5 Å². The summed E-state index contributed by atoms with van der Waals surface area (Å²) in [6.07, 6.45) is 1.55. The molecule has 2 aromatic rings. The van der Waals surface area contributed by atoms with Crippen LogP contribution in [0.5, 0.6) is 11.5 Å². The first-order valence-electron chi connectivity index (χ1n) is 7.26. The molecule has 24 heavy (non-hydrogen) atoms. The fourth-order valence-electron chi connectivity index (χ4n) is 2.08. The van der Waals surface area contributed by atoms with Gasteiger partial charge in [0.05, 0.1) is 19.9 Å². The maximum Gasteiger partial charge on any atom is 0.260 e.